The number of ether oxygens (including phenoxy) is 2. The average Bonchev–Trinajstić information content (AvgIpc) is 2.37. The highest BCUT2D eigenvalue weighted by Crippen LogP contribution is 2.34. The second-order valence-electron chi connectivity index (χ2n) is 5.15. The molecule has 0 saturated heterocycles. The third-order valence-corrected chi connectivity index (χ3v) is 3.77. The van der Waals surface area contributed by atoms with E-state index in [1.165, 1.54) is 0 Å². The summed E-state index contributed by atoms with van der Waals surface area (Å²) in [4.78, 5) is 12.2. The zero-order valence-corrected chi connectivity index (χ0v) is 12.1. The first-order chi connectivity index (χ1) is 9.58. The molecule has 3 N–H and O–H groups in total. The van der Waals surface area contributed by atoms with Crippen LogP contribution in [0.4, 0.5) is 5.69 Å². The summed E-state index contributed by atoms with van der Waals surface area (Å²) in [6, 6.07) is 5.07. The first-order valence-corrected chi connectivity index (χ1v) is 6.95. The lowest BCUT2D eigenvalue weighted by atomic mass is 9.80. The van der Waals surface area contributed by atoms with Crippen LogP contribution in [-0.2, 0) is 4.74 Å². The van der Waals surface area contributed by atoms with E-state index in [1.807, 2.05) is 6.92 Å². The van der Waals surface area contributed by atoms with Crippen LogP contribution < -0.4 is 15.8 Å². The monoisotopic (exact) mass is 278 g/mol. The Balaban J connectivity index is 2.01. The normalized spacial score (nSPS) is 16.3. The first-order valence-electron chi connectivity index (χ1n) is 6.95. The number of nitrogens with two attached hydrogens (primary N) is 1. The molecule has 0 bridgehead atoms. The van der Waals surface area contributed by atoms with E-state index in [0.29, 0.717) is 30.2 Å². The molecule has 0 aliphatic heterocycles. The van der Waals surface area contributed by atoms with Gasteiger partial charge in [0.25, 0.3) is 5.91 Å². The van der Waals surface area contributed by atoms with Gasteiger partial charge in [0.15, 0.2) is 0 Å². The molecule has 20 heavy (non-hydrogen) atoms. The summed E-state index contributed by atoms with van der Waals surface area (Å²) < 4.78 is 10.9. The van der Waals surface area contributed by atoms with Gasteiger partial charge in [-0.1, -0.05) is 0 Å². The topological polar surface area (TPSA) is 73.6 Å². The van der Waals surface area contributed by atoms with Crippen LogP contribution in [-0.4, -0.2) is 31.8 Å². The number of benzene rings is 1. The van der Waals surface area contributed by atoms with E-state index in [0.717, 1.165) is 19.3 Å². The van der Waals surface area contributed by atoms with Gasteiger partial charge in [-0.3, -0.25) is 4.79 Å². The van der Waals surface area contributed by atoms with Crippen LogP contribution in [0.1, 0.15) is 36.5 Å². The van der Waals surface area contributed by atoms with Crippen LogP contribution in [0.5, 0.6) is 5.75 Å². The fourth-order valence-electron chi connectivity index (χ4n) is 2.37. The number of carbonyl (C=O) groups excluding carboxylic acids is 1. The quantitative estimate of drug-likeness (QED) is 0.780. The molecule has 0 aromatic heterocycles. The third-order valence-electron chi connectivity index (χ3n) is 3.77. The van der Waals surface area contributed by atoms with E-state index < -0.39 is 0 Å². The van der Waals surface area contributed by atoms with Crippen LogP contribution in [0.25, 0.3) is 0 Å². The van der Waals surface area contributed by atoms with Crippen molar-refractivity contribution in [3.63, 3.8) is 0 Å². The molecule has 110 valence electrons. The Morgan fingerprint density at radius 1 is 1.40 bits per heavy atom. The molecule has 0 atom stereocenters. The van der Waals surface area contributed by atoms with Crippen molar-refractivity contribution in [2.75, 3.05) is 26.0 Å². The van der Waals surface area contributed by atoms with Crippen molar-refractivity contribution in [3.05, 3.63) is 23.8 Å². The number of hydrogen-bond donors (Lipinski definition) is 2. The fourth-order valence-corrected chi connectivity index (χ4v) is 2.37. The van der Waals surface area contributed by atoms with Crippen molar-refractivity contribution in [1.29, 1.82) is 0 Å². The minimum absolute atomic E-state index is 0.151. The molecule has 5 nitrogen and oxygen atoms in total. The van der Waals surface area contributed by atoms with Crippen molar-refractivity contribution in [2.45, 2.75) is 31.8 Å². The Labute approximate surface area is 119 Å². The highest BCUT2D eigenvalue weighted by Gasteiger charge is 2.37. The number of nitrogen functional groups attached to an aromatic ring is 1. The highest BCUT2D eigenvalue weighted by molar-refractivity contribution is 5.95. The fraction of sp³-hybridized carbons (Fsp3) is 0.533. The number of methoxy groups -OCH3 is 1. The summed E-state index contributed by atoms with van der Waals surface area (Å²) in [5.74, 6) is 0.462. The third kappa shape index (κ3) is 3.22. The van der Waals surface area contributed by atoms with Gasteiger partial charge in [0.2, 0.25) is 0 Å². The van der Waals surface area contributed by atoms with Crippen molar-refractivity contribution in [2.24, 2.45) is 0 Å². The van der Waals surface area contributed by atoms with Gasteiger partial charge < -0.3 is 20.5 Å². The van der Waals surface area contributed by atoms with Crippen LogP contribution in [0.3, 0.4) is 0 Å². The molecule has 1 amide bonds. The van der Waals surface area contributed by atoms with Gasteiger partial charge in [0.05, 0.1) is 12.2 Å². The summed E-state index contributed by atoms with van der Waals surface area (Å²) in [7, 11) is 1.69. The molecule has 0 unspecified atom stereocenters. The second-order valence-corrected chi connectivity index (χ2v) is 5.15. The minimum Gasteiger partial charge on any atom is -0.494 e. The van der Waals surface area contributed by atoms with Crippen LogP contribution in [0, 0.1) is 0 Å². The van der Waals surface area contributed by atoms with E-state index in [1.54, 1.807) is 25.3 Å². The Bertz CT molecular complexity index is 478. The molecule has 1 saturated carbocycles. The Kier molecular flexibility index (Phi) is 4.49. The number of carbonyl (C=O) groups is 1. The Hall–Kier alpha value is -1.75. The predicted octanol–water partition coefficient (Wildman–Crippen LogP) is 1.97. The maximum atomic E-state index is 12.2. The van der Waals surface area contributed by atoms with Crippen molar-refractivity contribution in [1.82, 2.24) is 5.32 Å². The van der Waals surface area contributed by atoms with E-state index in [2.05, 4.69) is 5.32 Å². The number of hydrogen-bond acceptors (Lipinski definition) is 4. The lowest BCUT2D eigenvalue weighted by Gasteiger charge is -2.40. The van der Waals surface area contributed by atoms with Crippen molar-refractivity contribution >= 4 is 11.6 Å². The summed E-state index contributed by atoms with van der Waals surface area (Å²) in [6.45, 7) is 2.96. The molecule has 0 heterocycles. The summed E-state index contributed by atoms with van der Waals surface area (Å²) >= 11 is 0. The zero-order chi connectivity index (χ0) is 14.6. The smallest absolute Gasteiger partial charge is 0.251 e. The van der Waals surface area contributed by atoms with E-state index in [9.17, 15) is 4.79 Å². The molecule has 1 aromatic rings. The molecular weight excluding hydrogens is 256 g/mol. The molecule has 0 radical (unpaired) electrons. The Morgan fingerprint density at radius 3 is 2.70 bits per heavy atom. The summed E-state index contributed by atoms with van der Waals surface area (Å²) in [5.41, 5.74) is 6.64. The van der Waals surface area contributed by atoms with Gasteiger partial charge in [-0.25, -0.2) is 0 Å². The summed E-state index contributed by atoms with van der Waals surface area (Å²) in [5, 5.41) is 2.91. The van der Waals surface area contributed by atoms with Crippen LogP contribution in [0.15, 0.2) is 18.2 Å². The molecule has 1 aliphatic carbocycles. The molecule has 0 spiro atoms. The van der Waals surface area contributed by atoms with Crippen molar-refractivity contribution < 1.29 is 14.3 Å². The maximum absolute atomic E-state index is 12.2. The standard InChI is InChI=1S/C15H22N2O3/c1-3-20-13-8-11(7-12(16)9-13)14(18)17-10-15(19-2)5-4-6-15/h7-9H,3-6,10,16H2,1-2H3,(H,17,18). The lowest BCUT2D eigenvalue weighted by Crippen LogP contribution is -2.49. The second kappa shape index (κ2) is 6.13. The first kappa shape index (κ1) is 14.7. The molecule has 1 aliphatic rings. The number of rotatable bonds is 6. The van der Waals surface area contributed by atoms with Gasteiger partial charge in [0.1, 0.15) is 5.75 Å². The minimum atomic E-state index is -0.182. The molecule has 1 aromatic carbocycles. The van der Waals surface area contributed by atoms with Crippen LogP contribution in [0.2, 0.25) is 0 Å². The van der Waals surface area contributed by atoms with Gasteiger partial charge in [-0.05, 0) is 38.3 Å². The molecule has 5 heteroatoms. The highest BCUT2D eigenvalue weighted by atomic mass is 16.5. The number of anilines is 1. The van der Waals surface area contributed by atoms with Gasteiger partial charge in [-0.2, -0.15) is 0 Å². The Morgan fingerprint density at radius 2 is 2.15 bits per heavy atom. The van der Waals surface area contributed by atoms with E-state index in [4.69, 9.17) is 15.2 Å². The molecular formula is C15H22N2O3. The average molecular weight is 278 g/mol. The predicted molar refractivity (Wildman–Crippen MR) is 77.9 cm³/mol. The SMILES string of the molecule is CCOc1cc(N)cc(C(=O)NCC2(OC)CCC2)c1. The summed E-state index contributed by atoms with van der Waals surface area (Å²) in [6.07, 6.45) is 3.13. The van der Waals surface area contributed by atoms with Gasteiger partial charge in [0, 0.05) is 31.0 Å². The van der Waals surface area contributed by atoms with Crippen molar-refractivity contribution in [3.8, 4) is 5.75 Å². The van der Waals surface area contributed by atoms with E-state index in [-0.39, 0.29) is 11.5 Å². The van der Waals surface area contributed by atoms with Gasteiger partial charge in [-0.15, -0.1) is 0 Å². The maximum Gasteiger partial charge on any atom is 0.251 e. The van der Waals surface area contributed by atoms with Gasteiger partial charge >= 0.3 is 0 Å². The van der Waals surface area contributed by atoms with E-state index >= 15 is 0 Å². The molecule has 1 fully saturated rings. The molecule has 2 rings (SSSR count). The lowest BCUT2D eigenvalue weighted by molar-refractivity contribution is -0.0679. The van der Waals surface area contributed by atoms with Crippen LogP contribution >= 0.6 is 0 Å². The number of amides is 1. The zero-order valence-electron chi connectivity index (χ0n) is 12.1. The largest absolute Gasteiger partial charge is 0.494 e. The number of nitrogens with one attached hydrogen (secondary N) is 1.